The topological polar surface area (TPSA) is 80.4 Å². The number of hydrogen-bond acceptors (Lipinski definition) is 4. The summed E-state index contributed by atoms with van der Waals surface area (Å²) < 4.78 is 7.21. The standard InChI is InChI=1S/C22H25N5O2/c1-15(23-8-9-24-20-13-27(3)14-20)17-6-5-7-19(10-17)26-22(28)18-11-21(29-4)16(2)25-12-18/h5-15,24H,1-4H3,(H,26,28). The van der Waals surface area contributed by atoms with E-state index in [4.69, 9.17) is 4.74 Å². The molecule has 0 bridgehead atoms. The van der Waals surface area contributed by atoms with Gasteiger partial charge < -0.3 is 20.7 Å². The zero-order valence-corrected chi connectivity index (χ0v) is 17.0. The lowest BCUT2D eigenvalue weighted by molar-refractivity contribution is -0.429. The molecule has 1 unspecified atom stereocenters. The number of benzene rings is 1. The number of allylic oxidation sites excluding steroid dienone is 1. The highest BCUT2D eigenvalue weighted by molar-refractivity contribution is 6.04. The van der Waals surface area contributed by atoms with Gasteiger partial charge in [-0.15, -0.1) is 0 Å². The van der Waals surface area contributed by atoms with Gasteiger partial charge in [-0.1, -0.05) is 30.7 Å². The maximum absolute atomic E-state index is 12.5. The van der Waals surface area contributed by atoms with Crippen LogP contribution in [0.2, 0.25) is 0 Å². The molecule has 29 heavy (non-hydrogen) atoms. The van der Waals surface area contributed by atoms with E-state index in [9.17, 15) is 4.79 Å². The maximum atomic E-state index is 12.5. The van der Waals surface area contributed by atoms with E-state index < -0.39 is 0 Å². The molecule has 7 nitrogen and oxygen atoms in total. The van der Waals surface area contributed by atoms with Gasteiger partial charge in [-0.25, -0.2) is 4.58 Å². The number of rotatable bonds is 8. The normalized spacial score (nSPS) is 13.8. The number of nitrogens with zero attached hydrogens (tertiary/aromatic N) is 3. The second kappa shape index (κ2) is 9.05. The van der Waals surface area contributed by atoms with Crippen molar-refractivity contribution in [1.82, 2.24) is 10.3 Å². The van der Waals surface area contributed by atoms with Crippen LogP contribution in [0.4, 0.5) is 5.69 Å². The van der Waals surface area contributed by atoms with E-state index in [2.05, 4.69) is 20.9 Å². The summed E-state index contributed by atoms with van der Waals surface area (Å²) in [5.74, 6) is 0.345. The third-order valence-corrected chi connectivity index (χ3v) is 4.47. The zero-order valence-electron chi connectivity index (χ0n) is 17.0. The molecule has 1 amide bonds. The Hall–Kier alpha value is -3.61. The molecule has 1 aromatic carbocycles. The molecule has 1 aromatic heterocycles. The van der Waals surface area contributed by atoms with Gasteiger partial charge in [-0.05, 0) is 31.3 Å². The van der Waals surface area contributed by atoms with E-state index in [1.165, 1.54) is 0 Å². The number of anilines is 1. The second-order valence-corrected chi connectivity index (χ2v) is 6.76. The number of amides is 1. The molecule has 0 spiro atoms. The van der Waals surface area contributed by atoms with Gasteiger partial charge >= 0.3 is 0 Å². The summed E-state index contributed by atoms with van der Waals surface area (Å²) in [4.78, 5) is 16.7. The molecule has 2 N–H and O–H groups in total. The van der Waals surface area contributed by atoms with Gasteiger partial charge in [0.2, 0.25) is 0 Å². The Morgan fingerprint density at radius 1 is 1.34 bits per heavy atom. The molecule has 0 fully saturated rings. The van der Waals surface area contributed by atoms with Crippen molar-refractivity contribution in [1.29, 1.82) is 0 Å². The van der Waals surface area contributed by atoms with Crippen molar-refractivity contribution in [2.45, 2.75) is 19.9 Å². The number of pyridine rings is 1. The van der Waals surface area contributed by atoms with Crippen molar-refractivity contribution >= 4 is 17.8 Å². The van der Waals surface area contributed by atoms with E-state index in [1.807, 2.05) is 62.2 Å². The van der Waals surface area contributed by atoms with E-state index in [-0.39, 0.29) is 11.9 Å². The molecule has 1 aliphatic heterocycles. The van der Waals surface area contributed by atoms with Crippen molar-refractivity contribution < 1.29 is 14.1 Å². The molecule has 3 rings (SSSR count). The van der Waals surface area contributed by atoms with Crippen molar-refractivity contribution in [3.8, 4) is 5.75 Å². The molecule has 0 radical (unpaired) electrons. The Morgan fingerprint density at radius 2 is 2.14 bits per heavy atom. The Bertz CT molecular complexity index is 994. The third-order valence-electron chi connectivity index (χ3n) is 4.47. The molecule has 1 aliphatic rings. The minimum atomic E-state index is -0.239. The van der Waals surface area contributed by atoms with Crippen molar-refractivity contribution in [3.63, 3.8) is 0 Å². The van der Waals surface area contributed by atoms with E-state index >= 15 is 0 Å². The summed E-state index contributed by atoms with van der Waals surface area (Å²) in [6.07, 6.45) is 9.06. The Balaban J connectivity index is 1.59. The summed E-state index contributed by atoms with van der Waals surface area (Å²) in [6.45, 7) is 3.83. The van der Waals surface area contributed by atoms with Crippen LogP contribution in [0.3, 0.4) is 0 Å². The van der Waals surface area contributed by atoms with Crippen LogP contribution < -0.4 is 15.4 Å². The molecule has 1 atom stereocenters. The lowest BCUT2D eigenvalue weighted by atomic mass is 10.1. The number of carbonyl (C=O) groups excluding carboxylic acids is 1. The predicted octanol–water partition coefficient (Wildman–Crippen LogP) is 3.71. The van der Waals surface area contributed by atoms with Gasteiger partial charge in [0.1, 0.15) is 12.8 Å². The Kier molecular flexibility index (Phi) is 6.29. The molecule has 150 valence electrons. The van der Waals surface area contributed by atoms with Crippen LogP contribution in [-0.4, -0.2) is 35.8 Å². The largest absolute Gasteiger partial charge is 0.683 e. The monoisotopic (exact) mass is 391 g/mol. The molecule has 0 saturated heterocycles. The van der Waals surface area contributed by atoms with E-state index in [1.54, 1.807) is 31.8 Å². The number of ether oxygens (including phenoxy) is 1. The van der Waals surface area contributed by atoms with E-state index in [0.717, 1.165) is 17.0 Å². The minimum absolute atomic E-state index is 0.0481. The number of methoxy groups -OCH3 is 1. The maximum Gasteiger partial charge on any atom is 0.257 e. The van der Waals surface area contributed by atoms with Crippen molar-refractivity contribution in [3.05, 3.63) is 83.0 Å². The first-order chi connectivity index (χ1) is 14.0. The summed E-state index contributed by atoms with van der Waals surface area (Å²) in [6, 6.07) is 9.29. The summed E-state index contributed by atoms with van der Waals surface area (Å²) >= 11 is 0. The third kappa shape index (κ3) is 5.22. The highest BCUT2D eigenvalue weighted by atomic mass is 16.5. The molecule has 0 saturated carbocycles. The van der Waals surface area contributed by atoms with E-state index in [0.29, 0.717) is 17.0 Å². The summed E-state index contributed by atoms with van der Waals surface area (Å²) in [5, 5.41) is 10.6. The van der Waals surface area contributed by atoms with Crippen molar-refractivity contribution in [2.24, 2.45) is 0 Å². The van der Waals surface area contributed by atoms with Crippen LogP contribution in [0, 0.1) is 6.92 Å². The predicted molar refractivity (Wildman–Crippen MR) is 114 cm³/mol. The fourth-order valence-electron chi connectivity index (χ4n) is 2.82. The number of carbonyl (C=O) groups is 1. The van der Waals surface area contributed by atoms with Gasteiger partial charge in [0.25, 0.3) is 5.91 Å². The first-order valence-corrected chi connectivity index (χ1v) is 9.28. The van der Waals surface area contributed by atoms with Crippen molar-refractivity contribution in [2.75, 3.05) is 19.5 Å². The van der Waals surface area contributed by atoms with Crippen LogP contribution in [0.25, 0.3) is 5.32 Å². The molecular formula is C22H25N5O2. The molecule has 2 heterocycles. The summed E-state index contributed by atoms with van der Waals surface area (Å²) in [5.41, 5.74) is 3.92. The summed E-state index contributed by atoms with van der Waals surface area (Å²) in [7, 11) is 3.53. The number of aryl methyl sites for hydroxylation is 1. The zero-order chi connectivity index (χ0) is 20.8. The van der Waals surface area contributed by atoms with Crippen LogP contribution >= 0.6 is 0 Å². The highest BCUT2D eigenvalue weighted by Gasteiger charge is 2.11. The smallest absolute Gasteiger partial charge is 0.257 e. The second-order valence-electron chi connectivity index (χ2n) is 6.76. The lowest BCUT2D eigenvalue weighted by Crippen LogP contribution is -2.21. The Labute approximate surface area is 170 Å². The average molecular weight is 391 g/mol. The van der Waals surface area contributed by atoms with Crippen LogP contribution in [0.15, 0.2) is 60.8 Å². The fourth-order valence-corrected chi connectivity index (χ4v) is 2.82. The van der Waals surface area contributed by atoms with Crippen LogP contribution in [0.1, 0.15) is 34.6 Å². The molecule has 7 heteroatoms. The SMILES string of the molecule is COc1cc(C(=O)Nc2cccc(C(C)[N-]C=CNC3=C[N+](C)=C3)c2)cnc1C. The molecule has 2 aromatic rings. The highest BCUT2D eigenvalue weighted by Crippen LogP contribution is 2.25. The molecular weight excluding hydrogens is 366 g/mol. The Morgan fingerprint density at radius 3 is 2.86 bits per heavy atom. The minimum Gasteiger partial charge on any atom is -0.683 e. The molecule has 0 aliphatic carbocycles. The van der Waals surface area contributed by atoms with Crippen LogP contribution in [-0.2, 0) is 0 Å². The fraction of sp³-hybridized carbons (Fsp3) is 0.227. The van der Waals surface area contributed by atoms with Crippen LogP contribution in [0.5, 0.6) is 5.75 Å². The van der Waals surface area contributed by atoms with Gasteiger partial charge in [0.15, 0.2) is 18.1 Å². The van der Waals surface area contributed by atoms with Gasteiger partial charge in [-0.2, -0.15) is 6.20 Å². The first kappa shape index (κ1) is 20.1. The number of hydrogen-bond donors (Lipinski definition) is 2. The van der Waals surface area contributed by atoms with Gasteiger partial charge in [-0.3, -0.25) is 9.78 Å². The first-order valence-electron chi connectivity index (χ1n) is 9.28. The average Bonchev–Trinajstić information content (AvgIpc) is 2.69. The van der Waals surface area contributed by atoms with Gasteiger partial charge in [0.05, 0.1) is 18.4 Å². The lowest BCUT2D eigenvalue weighted by Gasteiger charge is -2.26. The number of aromatic nitrogens is 1. The quantitative estimate of drug-likeness (QED) is 0.672. The van der Waals surface area contributed by atoms with Gasteiger partial charge in [0, 0.05) is 11.9 Å². The number of nitrogens with one attached hydrogen (secondary N) is 2.